The number of likely N-dealkylation sites (N-methyl/N-ethyl adjacent to an activating group) is 1. The minimum Gasteiger partial charge on any atom is -1.00 e. The summed E-state index contributed by atoms with van der Waals surface area (Å²) >= 11 is 0. The first kappa shape index (κ1) is 30.8. The number of carbonyl (C=O) groups is 2. The number of quaternary nitrogens is 1. The largest absolute Gasteiger partial charge is 1.00 e. The summed E-state index contributed by atoms with van der Waals surface area (Å²) in [5, 5.41) is 9.71. The van der Waals surface area contributed by atoms with Crippen molar-refractivity contribution in [2.75, 3.05) is 27.7 Å². The minimum absolute atomic E-state index is 0. The molecule has 1 aromatic carbocycles. The number of nitrogens with zero attached hydrogens (tertiary/aromatic N) is 1. The van der Waals surface area contributed by atoms with Gasteiger partial charge in [0.1, 0.15) is 6.10 Å². The van der Waals surface area contributed by atoms with Crippen molar-refractivity contribution in [3.8, 4) is 0 Å². The topological polar surface area (TPSA) is 72.8 Å². The van der Waals surface area contributed by atoms with E-state index < -0.39 is 24.3 Å². The summed E-state index contributed by atoms with van der Waals surface area (Å²) in [6.45, 7) is 11.1. The van der Waals surface area contributed by atoms with Gasteiger partial charge in [-0.05, 0) is 25.3 Å². The Hall–Kier alpha value is -2.41. The van der Waals surface area contributed by atoms with Crippen molar-refractivity contribution in [1.82, 2.24) is 0 Å². The summed E-state index contributed by atoms with van der Waals surface area (Å²) in [6, 6.07) is 10.0. The number of hydrogen-bond acceptors (Lipinski definition) is 5. The number of hydrogen-bond donors (Lipinski definition) is 1. The summed E-state index contributed by atoms with van der Waals surface area (Å²) in [5.41, 5.74) is 1.38. The number of halogens is 1. The Morgan fingerprint density at radius 3 is 2.19 bits per heavy atom. The van der Waals surface area contributed by atoms with Crippen LogP contribution in [-0.4, -0.2) is 61.6 Å². The van der Waals surface area contributed by atoms with Gasteiger partial charge in [0.15, 0.2) is 0 Å². The Kier molecular flexibility index (Phi) is 16.2. The number of aliphatic hydroxyl groups is 1. The lowest BCUT2D eigenvalue weighted by Gasteiger charge is -2.34. The Bertz CT molecular complexity index is 708. The van der Waals surface area contributed by atoms with Crippen molar-refractivity contribution < 1.29 is 41.1 Å². The summed E-state index contributed by atoms with van der Waals surface area (Å²) in [5.74, 6) is -1.04. The third-order valence-corrected chi connectivity index (χ3v) is 3.79. The van der Waals surface area contributed by atoms with Crippen LogP contribution in [0.4, 0.5) is 0 Å². The van der Waals surface area contributed by atoms with Crippen molar-refractivity contribution in [2.24, 2.45) is 0 Å². The van der Waals surface area contributed by atoms with Gasteiger partial charge in [-0.3, -0.25) is 4.48 Å². The molecule has 6 nitrogen and oxygen atoms in total. The lowest BCUT2D eigenvalue weighted by atomic mass is 10.2. The van der Waals surface area contributed by atoms with E-state index in [2.05, 4.69) is 13.2 Å². The molecule has 0 amide bonds. The Labute approximate surface area is 192 Å². The van der Waals surface area contributed by atoms with Gasteiger partial charge in [-0.15, -0.1) is 0 Å². The second-order valence-electron chi connectivity index (χ2n) is 7.65. The summed E-state index contributed by atoms with van der Waals surface area (Å²) in [6.07, 6.45) is 4.04. The lowest BCUT2D eigenvalue weighted by molar-refractivity contribution is -0.920. The summed E-state index contributed by atoms with van der Waals surface area (Å²) < 4.78 is 10.4. The molecule has 0 saturated heterocycles. The van der Waals surface area contributed by atoms with Crippen molar-refractivity contribution >= 4 is 18.0 Å². The number of ether oxygens (including phenoxy) is 2. The molecule has 0 spiro atoms. The maximum atomic E-state index is 12.0. The van der Waals surface area contributed by atoms with Crippen molar-refractivity contribution in [2.45, 2.75) is 39.0 Å². The molecule has 2 atom stereocenters. The molecular weight excluding hydrogens is 418 g/mol. The third kappa shape index (κ3) is 14.3. The number of allylic oxidation sites excluding steroid dienone is 1. The molecule has 0 aliphatic heterocycles. The Morgan fingerprint density at radius 2 is 1.77 bits per heavy atom. The van der Waals surface area contributed by atoms with E-state index in [0.717, 1.165) is 6.42 Å². The third-order valence-electron chi connectivity index (χ3n) is 3.79. The van der Waals surface area contributed by atoms with Crippen LogP contribution < -0.4 is 12.4 Å². The van der Waals surface area contributed by atoms with E-state index in [4.69, 9.17) is 9.47 Å². The number of aliphatic hydroxyl groups excluding tert-OH is 1. The fourth-order valence-electron chi connectivity index (χ4n) is 2.32. The quantitative estimate of drug-likeness (QED) is 0.245. The van der Waals surface area contributed by atoms with E-state index in [-0.39, 0.29) is 28.9 Å². The molecule has 0 bridgehead atoms. The summed E-state index contributed by atoms with van der Waals surface area (Å²) in [7, 11) is 5.45. The molecule has 0 saturated carbocycles. The van der Waals surface area contributed by atoms with Crippen LogP contribution in [0.3, 0.4) is 0 Å². The van der Waals surface area contributed by atoms with E-state index in [1.807, 2.05) is 64.5 Å². The Morgan fingerprint density at radius 1 is 1.19 bits per heavy atom. The normalized spacial score (nSPS) is 12.5. The van der Waals surface area contributed by atoms with Crippen molar-refractivity contribution in [1.29, 1.82) is 0 Å². The van der Waals surface area contributed by atoms with Crippen LogP contribution in [0, 0.1) is 0 Å². The average Bonchev–Trinajstić information content (AvgIpc) is 2.70. The molecule has 0 fully saturated rings. The van der Waals surface area contributed by atoms with Gasteiger partial charge >= 0.3 is 11.9 Å². The lowest BCUT2D eigenvalue weighted by Crippen LogP contribution is -3.00. The molecule has 0 heterocycles. The van der Waals surface area contributed by atoms with Crippen LogP contribution in [0.2, 0.25) is 0 Å². The van der Waals surface area contributed by atoms with E-state index in [1.54, 1.807) is 6.92 Å². The Balaban J connectivity index is 0. The number of carbonyl (C=O) groups excluding carboxylic acids is 2. The molecule has 0 radical (unpaired) electrons. The van der Waals surface area contributed by atoms with E-state index in [1.165, 1.54) is 17.7 Å². The number of rotatable bonds is 10. The average molecular weight is 454 g/mol. The number of esters is 2. The molecule has 174 valence electrons. The van der Waals surface area contributed by atoms with Gasteiger partial charge < -0.3 is 27.0 Å². The monoisotopic (exact) mass is 453 g/mol. The van der Waals surface area contributed by atoms with Crippen LogP contribution in [0.15, 0.2) is 61.2 Å². The van der Waals surface area contributed by atoms with Crippen molar-refractivity contribution in [3.05, 3.63) is 66.8 Å². The van der Waals surface area contributed by atoms with Crippen LogP contribution in [-0.2, 0) is 19.1 Å². The molecule has 0 aliphatic rings. The van der Waals surface area contributed by atoms with Crippen molar-refractivity contribution in [3.63, 3.8) is 0 Å². The van der Waals surface area contributed by atoms with Crippen LogP contribution >= 0.6 is 0 Å². The molecule has 0 aromatic heterocycles. The highest BCUT2D eigenvalue weighted by Crippen LogP contribution is 2.13. The van der Waals surface area contributed by atoms with Gasteiger partial charge in [0, 0.05) is 11.6 Å². The zero-order chi connectivity index (χ0) is 23.2. The van der Waals surface area contributed by atoms with Gasteiger partial charge in [-0.25, -0.2) is 9.59 Å². The first-order chi connectivity index (χ1) is 14.0. The zero-order valence-electron chi connectivity index (χ0n) is 19.2. The predicted octanol–water partition coefficient (Wildman–Crippen LogP) is 0.732. The van der Waals surface area contributed by atoms with E-state index >= 15 is 0 Å². The number of benzene rings is 1. The van der Waals surface area contributed by atoms with Gasteiger partial charge in [0.2, 0.25) is 0 Å². The SMILES string of the molecule is C=C(CC=CC(=O)OCCC)C(=O)OC(C(C)O)[N+](C)(C)C.C=Cc1ccccc1.[Cl-]. The molecule has 2 unspecified atom stereocenters. The standard InChI is InChI=1S/C16H28NO5.C8H8.ClH/c1-7-11-21-14(19)10-8-9-12(2)16(20)22-15(13(3)18)17(4,5)6;1-2-8-6-4-3-5-7-8;/h8,10,13,15,18H,2,7,9,11H2,1,3-6H3;2-7H,1H2;1H/q+1;;/p-1. The minimum atomic E-state index is -0.809. The van der Waals surface area contributed by atoms with E-state index in [0.29, 0.717) is 6.61 Å². The maximum absolute atomic E-state index is 12.0. The van der Waals surface area contributed by atoms with E-state index in [9.17, 15) is 14.7 Å². The first-order valence-electron chi connectivity index (χ1n) is 9.91. The fourth-order valence-corrected chi connectivity index (χ4v) is 2.32. The molecule has 0 aliphatic carbocycles. The smallest absolute Gasteiger partial charge is 0.338 e. The first-order valence-corrected chi connectivity index (χ1v) is 9.91. The maximum Gasteiger partial charge on any atom is 0.338 e. The van der Waals surface area contributed by atoms with Crippen LogP contribution in [0.25, 0.3) is 6.08 Å². The van der Waals surface area contributed by atoms with Crippen LogP contribution in [0.1, 0.15) is 32.3 Å². The molecule has 1 aromatic rings. The second kappa shape index (κ2) is 16.3. The van der Waals surface area contributed by atoms with Gasteiger partial charge in [0.25, 0.3) is 6.23 Å². The highest BCUT2D eigenvalue weighted by atomic mass is 35.5. The highest BCUT2D eigenvalue weighted by Gasteiger charge is 2.32. The molecule has 7 heteroatoms. The predicted molar refractivity (Wildman–Crippen MR) is 120 cm³/mol. The molecular formula is C24H36ClNO5. The molecule has 1 rings (SSSR count). The molecule has 31 heavy (non-hydrogen) atoms. The van der Waals surface area contributed by atoms with Crippen LogP contribution in [0.5, 0.6) is 0 Å². The highest BCUT2D eigenvalue weighted by molar-refractivity contribution is 5.88. The zero-order valence-corrected chi connectivity index (χ0v) is 20.0. The molecule has 1 N–H and O–H groups in total. The fraction of sp³-hybridized carbons (Fsp3) is 0.417. The van der Waals surface area contributed by atoms with Gasteiger partial charge in [0.05, 0.1) is 27.7 Å². The summed E-state index contributed by atoms with van der Waals surface area (Å²) in [4.78, 5) is 23.2. The van der Waals surface area contributed by atoms with Gasteiger partial charge in [-0.2, -0.15) is 0 Å². The second-order valence-corrected chi connectivity index (χ2v) is 7.65. The van der Waals surface area contributed by atoms with Gasteiger partial charge in [-0.1, -0.05) is 62.6 Å².